The number of nitrogens with one attached hydrogen (secondary N) is 1. The van der Waals surface area contributed by atoms with E-state index in [0.717, 1.165) is 0 Å². The Bertz CT molecular complexity index is 863. The molecule has 1 aliphatic heterocycles. The number of hydrogen-bond acceptors (Lipinski definition) is 7. The number of carbonyl (C=O) groups excluding carboxylic acids is 1. The van der Waals surface area contributed by atoms with Crippen LogP contribution in [0.5, 0.6) is 0 Å². The molecule has 0 atom stereocenters. The van der Waals surface area contributed by atoms with Gasteiger partial charge < -0.3 is 16.8 Å². The largest absolute Gasteiger partial charge is 0.383 e. The standard InChI is InChI=1S/C16H17N7O/c1-2-3-7-16(22-23-16)8-6-13(24)19-10-4-5-12-11(9-10)14(17)21-15(18)20-12/h1,4-5,9H,3,6-8H2,(H,19,24)(H4,17,18,20,21). The molecule has 3 rings (SSSR count). The lowest BCUT2D eigenvalue weighted by Crippen LogP contribution is -2.17. The van der Waals surface area contributed by atoms with E-state index in [1.54, 1.807) is 18.2 Å². The number of terminal acetylenes is 1. The quantitative estimate of drug-likeness (QED) is 0.700. The van der Waals surface area contributed by atoms with E-state index >= 15 is 0 Å². The first-order valence-electron chi connectivity index (χ1n) is 7.51. The maximum Gasteiger partial charge on any atom is 0.224 e. The Balaban J connectivity index is 1.62. The molecular formula is C16H17N7O. The van der Waals surface area contributed by atoms with E-state index in [0.29, 0.717) is 42.3 Å². The van der Waals surface area contributed by atoms with Crippen LogP contribution < -0.4 is 16.8 Å². The van der Waals surface area contributed by atoms with Gasteiger partial charge in [-0.3, -0.25) is 4.79 Å². The number of nitrogens with zero attached hydrogens (tertiary/aromatic N) is 4. The highest BCUT2D eigenvalue weighted by molar-refractivity contribution is 5.96. The summed E-state index contributed by atoms with van der Waals surface area (Å²) in [5.74, 6) is 2.83. The molecule has 1 aromatic heterocycles. The van der Waals surface area contributed by atoms with Crippen molar-refractivity contribution in [3.63, 3.8) is 0 Å². The van der Waals surface area contributed by atoms with Gasteiger partial charge in [0.05, 0.1) is 5.52 Å². The third kappa shape index (κ3) is 3.41. The van der Waals surface area contributed by atoms with E-state index in [1.807, 2.05) is 0 Å². The highest BCUT2D eigenvalue weighted by Crippen LogP contribution is 2.37. The SMILES string of the molecule is C#CCCC1(CCC(=O)Nc2ccc3nc(N)nc(N)c3c2)N=N1. The number of fused-ring (bicyclic) bond motifs is 1. The topological polar surface area (TPSA) is 132 Å². The molecule has 2 heterocycles. The lowest BCUT2D eigenvalue weighted by molar-refractivity contribution is -0.116. The van der Waals surface area contributed by atoms with Gasteiger partial charge in [0.2, 0.25) is 11.9 Å². The first kappa shape index (κ1) is 15.7. The molecule has 0 unspecified atom stereocenters. The van der Waals surface area contributed by atoms with Crippen molar-refractivity contribution in [2.24, 2.45) is 10.2 Å². The first-order valence-corrected chi connectivity index (χ1v) is 7.51. The summed E-state index contributed by atoms with van der Waals surface area (Å²) in [6.45, 7) is 0. The number of aromatic nitrogens is 2. The van der Waals surface area contributed by atoms with Crippen molar-refractivity contribution in [2.75, 3.05) is 16.8 Å². The molecule has 1 amide bonds. The van der Waals surface area contributed by atoms with E-state index in [-0.39, 0.29) is 17.7 Å². The number of hydrogen-bond donors (Lipinski definition) is 3. The van der Waals surface area contributed by atoms with Gasteiger partial charge in [0.1, 0.15) is 5.82 Å². The molecule has 0 aliphatic carbocycles. The van der Waals surface area contributed by atoms with Crippen LogP contribution in [0.3, 0.4) is 0 Å². The lowest BCUT2D eigenvalue weighted by atomic mass is 10.0. The van der Waals surface area contributed by atoms with Crippen LogP contribution in [0.2, 0.25) is 0 Å². The summed E-state index contributed by atoms with van der Waals surface area (Å²) in [6, 6.07) is 5.20. The van der Waals surface area contributed by atoms with Crippen LogP contribution in [0.15, 0.2) is 28.4 Å². The summed E-state index contributed by atoms with van der Waals surface area (Å²) in [5, 5.41) is 11.5. The highest BCUT2D eigenvalue weighted by Gasteiger charge is 2.39. The first-order chi connectivity index (χ1) is 11.5. The molecule has 0 spiro atoms. The minimum Gasteiger partial charge on any atom is -0.383 e. The molecule has 0 saturated heterocycles. The normalized spacial score (nSPS) is 14.3. The Morgan fingerprint density at radius 1 is 1.25 bits per heavy atom. The third-order valence-corrected chi connectivity index (χ3v) is 3.83. The monoisotopic (exact) mass is 323 g/mol. The molecule has 0 bridgehead atoms. The molecule has 0 radical (unpaired) electrons. The van der Waals surface area contributed by atoms with Crippen molar-refractivity contribution in [3.05, 3.63) is 18.2 Å². The molecule has 1 aromatic carbocycles. The van der Waals surface area contributed by atoms with Gasteiger partial charge >= 0.3 is 0 Å². The maximum absolute atomic E-state index is 12.1. The fraction of sp³-hybridized carbons (Fsp3) is 0.312. The minimum absolute atomic E-state index is 0.117. The van der Waals surface area contributed by atoms with Crippen LogP contribution in [0.4, 0.5) is 17.5 Å². The Hall–Kier alpha value is -3.21. The smallest absolute Gasteiger partial charge is 0.224 e. The second-order valence-corrected chi connectivity index (χ2v) is 5.63. The minimum atomic E-state index is -0.455. The Morgan fingerprint density at radius 2 is 2.04 bits per heavy atom. The Morgan fingerprint density at radius 3 is 2.75 bits per heavy atom. The van der Waals surface area contributed by atoms with E-state index in [1.165, 1.54) is 0 Å². The summed E-state index contributed by atoms with van der Waals surface area (Å²) in [5.41, 5.74) is 12.2. The molecule has 8 heteroatoms. The molecule has 2 aromatic rings. The fourth-order valence-electron chi connectivity index (χ4n) is 2.45. The van der Waals surface area contributed by atoms with Crippen LogP contribution >= 0.6 is 0 Å². The van der Waals surface area contributed by atoms with Crippen LogP contribution in [-0.2, 0) is 4.79 Å². The fourth-order valence-corrected chi connectivity index (χ4v) is 2.45. The van der Waals surface area contributed by atoms with Gasteiger partial charge in [-0.2, -0.15) is 15.2 Å². The number of nitrogen functional groups attached to an aromatic ring is 2. The van der Waals surface area contributed by atoms with Gasteiger partial charge in [-0.15, -0.1) is 12.3 Å². The second-order valence-electron chi connectivity index (χ2n) is 5.63. The molecular weight excluding hydrogens is 306 g/mol. The zero-order valence-electron chi connectivity index (χ0n) is 13.0. The zero-order chi connectivity index (χ0) is 17.2. The van der Waals surface area contributed by atoms with Gasteiger partial charge in [0.15, 0.2) is 5.66 Å². The average Bonchev–Trinajstić information content (AvgIpc) is 3.32. The average molecular weight is 323 g/mol. The van der Waals surface area contributed by atoms with Crippen molar-refractivity contribution in [1.82, 2.24) is 9.97 Å². The molecule has 0 saturated carbocycles. The number of rotatable bonds is 6. The van der Waals surface area contributed by atoms with Crippen LogP contribution in [0, 0.1) is 12.3 Å². The van der Waals surface area contributed by atoms with E-state index in [2.05, 4.69) is 31.4 Å². The third-order valence-electron chi connectivity index (χ3n) is 3.83. The van der Waals surface area contributed by atoms with Crippen molar-refractivity contribution in [2.45, 2.75) is 31.3 Å². The van der Waals surface area contributed by atoms with Gasteiger partial charge in [-0.1, -0.05) is 0 Å². The molecule has 5 N–H and O–H groups in total. The molecule has 122 valence electrons. The molecule has 1 aliphatic rings. The van der Waals surface area contributed by atoms with Crippen molar-refractivity contribution in [3.8, 4) is 12.3 Å². The van der Waals surface area contributed by atoms with E-state index < -0.39 is 5.66 Å². The number of benzene rings is 1. The molecule has 8 nitrogen and oxygen atoms in total. The maximum atomic E-state index is 12.1. The van der Waals surface area contributed by atoms with Crippen molar-refractivity contribution >= 4 is 34.3 Å². The molecule has 0 fully saturated rings. The highest BCUT2D eigenvalue weighted by atomic mass is 16.1. The predicted octanol–water partition coefficient (Wildman–Crippen LogP) is 2.09. The van der Waals surface area contributed by atoms with Crippen molar-refractivity contribution < 1.29 is 4.79 Å². The zero-order valence-corrected chi connectivity index (χ0v) is 13.0. The van der Waals surface area contributed by atoms with Crippen molar-refractivity contribution in [1.29, 1.82) is 0 Å². The lowest BCUT2D eigenvalue weighted by Gasteiger charge is -2.10. The predicted molar refractivity (Wildman–Crippen MR) is 91.9 cm³/mol. The van der Waals surface area contributed by atoms with Crippen LogP contribution in [0.1, 0.15) is 25.7 Å². The van der Waals surface area contributed by atoms with Crippen LogP contribution in [0.25, 0.3) is 10.9 Å². The van der Waals surface area contributed by atoms with Gasteiger partial charge in [-0.25, -0.2) is 4.98 Å². The van der Waals surface area contributed by atoms with Gasteiger partial charge in [-0.05, 0) is 18.2 Å². The number of carbonyl (C=O) groups is 1. The second kappa shape index (κ2) is 6.12. The summed E-state index contributed by atoms with van der Waals surface area (Å²) >= 11 is 0. The van der Waals surface area contributed by atoms with E-state index in [9.17, 15) is 4.79 Å². The van der Waals surface area contributed by atoms with Gasteiger partial charge in [0, 0.05) is 36.8 Å². The van der Waals surface area contributed by atoms with Crippen LogP contribution in [-0.4, -0.2) is 21.5 Å². The van der Waals surface area contributed by atoms with Gasteiger partial charge in [0.25, 0.3) is 0 Å². The summed E-state index contributed by atoms with van der Waals surface area (Å²) in [7, 11) is 0. The number of nitrogens with two attached hydrogens (primary N) is 2. The summed E-state index contributed by atoms with van der Waals surface area (Å²) in [4.78, 5) is 20.1. The Labute approximate surface area is 138 Å². The summed E-state index contributed by atoms with van der Waals surface area (Å²) in [6.07, 6.45) is 7.39. The van der Waals surface area contributed by atoms with E-state index in [4.69, 9.17) is 17.9 Å². The Kier molecular flexibility index (Phi) is 4.00. The number of anilines is 3. The number of amides is 1. The summed E-state index contributed by atoms with van der Waals surface area (Å²) < 4.78 is 0. The molecule has 24 heavy (non-hydrogen) atoms.